The second-order valence-corrected chi connectivity index (χ2v) is 3.57. The summed E-state index contributed by atoms with van der Waals surface area (Å²) in [5, 5.41) is 2.63. The molecule has 1 aromatic rings. The minimum absolute atomic E-state index is 0.0251. The van der Waals surface area contributed by atoms with Crippen LogP contribution in [0.25, 0.3) is 0 Å². The number of amides is 1. The summed E-state index contributed by atoms with van der Waals surface area (Å²) in [7, 11) is 0. The summed E-state index contributed by atoms with van der Waals surface area (Å²) in [5.41, 5.74) is 5.52. The van der Waals surface area contributed by atoms with E-state index in [0.29, 0.717) is 6.42 Å². The summed E-state index contributed by atoms with van der Waals surface area (Å²) in [6.07, 6.45) is 0.540. The van der Waals surface area contributed by atoms with Crippen LogP contribution in [0.15, 0.2) is 6.07 Å². The van der Waals surface area contributed by atoms with Crippen LogP contribution in [0.4, 0.5) is 5.82 Å². The van der Waals surface area contributed by atoms with E-state index in [1.807, 2.05) is 6.92 Å². The number of nitrogens with two attached hydrogens (primary N) is 1. The first-order chi connectivity index (χ1) is 7.02. The lowest BCUT2D eigenvalue weighted by Crippen LogP contribution is -2.35. The normalized spacial score (nSPS) is 12.3. The highest BCUT2D eigenvalue weighted by Crippen LogP contribution is 2.14. The molecular formula is C8H10Cl2N4O. The Morgan fingerprint density at radius 2 is 2.27 bits per heavy atom. The van der Waals surface area contributed by atoms with Crippen LogP contribution in [0.5, 0.6) is 0 Å². The number of halogens is 2. The minimum Gasteiger partial charge on any atom is -0.320 e. The zero-order valence-electron chi connectivity index (χ0n) is 8.00. The van der Waals surface area contributed by atoms with E-state index < -0.39 is 6.04 Å². The first-order valence-corrected chi connectivity index (χ1v) is 5.05. The molecule has 3 N–H and O–H groups in total. The van der Waals surface area contributed by atoms with Crippen molar-refractivity contribution in [3.05, 3.63) is 16.5 Å². The predicted molar refractivity (Wildman–Crippen MR) is 58.9 cm³/mol. The Labute approximate surface area is 97.0 Å². The monoisotopic (exact) mass is 248 g/mol. The molecule has 0 aromatic carbocycles. The number of hydrogen-bond acceptors (Lipinski definition) is 4. The second kappa shape index (κ2) is 5.25. The Balaban J connectivity index is 2.76. The highest BCUT2D eigenvalue weighted by Gasteiger charge is 2.12. The fourth-order valence-electron chi connectivity index (χ4n) is 0.858. The molecule has 0 radical (unpaired) electrons. The van der Waals surface area contributed by atoms with Crippen LogP contribution in [-0.4, -0.2) is 21.9 Å². The van der Waals surface area contributed by atoms with Crippen LogP contribution >= 0.6 is 23.2 Å². The number of nitrogens with one attached hydrogen (secondary N) is 1. The van der Waals surface area contributed by atoms with Gasteiger partial charge in [-0.15, -0.1) is 0 Å². The zero-order valence-corrected chi connectivity index (χ0v) is 9.51. The smallest absolute Gasteiger partial charge is 0.242 e. The van der Waals surface area contributed by atoms with Crippen LogP contribution in [0.3, 0.4) is 0 Å². The van der Waals surface area contributed by atoms with Crippen LogP contribution in [0, 0.1) is 0 Å². The Bertz CT molecular complexity index is 351. The average Bonchev–Trinajstić information content (AvgIpc) is 2.14. The van der Waals surface area contributed by atoms with Crippen molar-refractivity contribution in [3.63, 3.8) is 0 Å². The van der Waals surface area contributed by atoms with Crippen LogP contribution in [-0.2, 0) is 4.79 Å². The van der Waals surface area contributed by atoms with Gasteiger partial charge in [-0.2, -0.15) is 0 Å². The number of aromatic nitrogens is 2. The molecule has 0 saturated heterocycles. The predicted octanol–water partition coefficient (Wildman–Crippen LogP) is 1.46. The number of nitrogens with zero attached hydrogens (tertiary/aromatic N) is 2. The molecule has 1 atom stereocenters. The molecule has 7 heteroatoms. The summed E-state index contributed by atoms with van der Waals surface area (Å²) in [4.78, 5) is 18.8. The van der Waals surface area contributed by atoms with Gasteiger partial charge in [0.1, 0.15) is 11.0 Å². The molecule has 0 saturated carbocycles. The molecule has 0 spiro atoms. The van der Waals surface area contributed by atoms with Crippen LogP contribution in [0.2, 0.25) is 10.4 Å². The minimum atomic E-state index is -0.572. The lowest BCUT2D eigenvalue weighted by atomic mass is 10.2. The Hall–Kier alpha value is -0.910. The average molecular weight is 249 g/mol. The molecule has 1 rings (SSSR count). The fourth-order valence-corrected chi connectivity index (χ4v) is 1.27. The first-order valence-electron chi connectivity index (χ1n) is 4.29. The van der Waals surface area contributed by atoms with Gasteiger partial charge >= 0.3 is 0 Å². The van der Waals surface area contributed by atoms with E-state index in [4.69, 9.17) is 28.9 Å². The van der Waals surface area contributed by atoms with E-state index >= 15 is 0 Å². The van der Waals surface area contributed by atoms with Gasteiger partial charge in [0.05, 0.1) is 6.04 Å². The van der Waals surface area contributed by atoms with Crippen LogP contribution < -0.4 is 11.1 Å². The molecule has 1 aromatic heterocycles. The molecule has 1 heterocycles. The van der Waals surface area contributed by atoms with Gasteiger partial charge in [-0.25, -0.2) is 9.97 Å². The van der Waals surface area contributed by atoms with Gasteiger partial charge in [0.15, 0.2) is 0 Å². The van der Waals surface area contributed by atoms with Gasteiger partial charge in [0, 0.05) is 6.07 Å². The highest BCUT2D eigenvalue weighted by molar-refractivity contribution is 6.32. The third-order valence-electron chi connectivity index (χ3n) is 1.70. The molecule has 0 fully saturated rings. The van der Waals surface area contributed by atoms with Gasteiger partial charge in [-0.05, 0) is 18.0 Å². The Morgan fingerprint density at radius 1 is 1.60 bits per heavy atom. The van der Waals surface area contributed by atoms with Crippen molar-refractivity contribution in [3.8, 4) is 0 Å². The Kier molecular flexibility index (Phi) is 4.26. The van der Waals surface area contributed by atoms with E-state index in [1.165, 1.54) is 6.07 Å². The molecule has 15 heavy (non-hydrogen) atoms. The van der Waals surface area contributed by atoms with Crippen LogP contribution in [0.1, 0.15) is 13.3 Å². The molecule has 82 valence electrons. The lowest BCUT2D eigenvalue weighted by Gasteiger charge is -2.09. The van der Waals surface area contributed by atoms with Gasteiger partial charge in [-0.3, -0.25) is 4.79 Å². The standard InChI is InChI=1S/C8H10Cl2N4O/c1-2-4(11)7(15)13-6-3-5(9)12-8(10)14-6/h3-4H,2,11H2,1H3,(H,12,13,14,15). The lowest BCUT2D eigenvalue weighted by molar-refractivity contribution is -0.117. The quantitative estimate of drug-likeness (QED) is 0.627. The maximum absolute atomic E-state index is 11.4. The number of carbonyl (C=O) groups excluding carboxylic acids is 1. The largest absolute Gasteiger partial charge is 0.320 e. The summed E-state index contributed by atoms with van der Waals surface area (Å²) < 4.78 is 0. The molecule has 0 aliphatic rings. The third-order valence-corrected chi connectivity index (χ3v) is 2.06. The number of anilines is 1. The van der Waals surface area contributed by atoms with E-state index in [1.54, 1.807) is 0 Å². The maximum Gasteiger partial charge on any atom is 0.242 e. The van der Waals surface area contributed by atoms with Crippen molar-refractivity contribution in [2.45, 2.75) is 19.4 Å². The summed E-state index contributed by atoms with van der Waals surface area (Å²) in [6, 6.07) is 0.825. The van der Waals surface area contributed by atoms with E-state index in [9.17, 15) is 4.79 Å². The molecule has 5 nitrogen and oxygen atoms in total. The van der Waals surface area contributed by atoms with Gasteiger partial charge in [0.25, 0.3) is 0 Å². The molecule has 1 unspecified atom stereocenters. The van der Waals surface area contributed by atoms with Gasteiger partial charge in [0.2, 0.25) is 11.2 Å². The van der Waals surface area contributed by atoms with Crippen molar-refractivity contribution < 1.29 is 4.79 Å². The molecular weight excluding hydrogens is 239 g/mol. The van der Waals surface area contributed by atoms with E-state index in [-0.39, 0.29) is 22.2 Å². The van der Waals surface area contributed by atoms with Crippen molar-refractivity contribution >= 4 is 34.9 Å². The molecule has 0 bridgehead atoms. The fraction of sp³-hybridized carbons (Fsp3) is 0.375. The molecule has 0 aliphatic heterocycles. The van der Waals surface area contributed by atoms with E-state index in [0.717, 1.165) is 0 Å². The summed E-state index contributed by atoms with van der Waals surface area (Å²) >= 11 is 11.2. The topological polar surface area (TPSA) is 80.9 Å². The first kappa shape index (κ1) is 12.2. The Morgan fingerprint density at radius 3 is 2.80 bits per heavy atom. The number of rotatable bonds is 3. The van der Waals surface area contributed by atoms with Crippen molar-refractivity contribution in [2.75, 3.05) is 5.32 Å². The zero-order chi connectivity index (χ0) is 11.4. The van der Waals surface area contributed by atoms with Crippen molar-refractivity contribution in [2.24, 2.45) is 5.73 Å². The van der Waals surface area contributed by atoms with E-state index in [2.05, 4.69) is 15.3 Å². The SMILES string of the molecule is CCC(N)C(=O)Nc1cc(Cl)nc(Cl)n1. The molecule has 0 aliphatic carbocycles. The third kappa shape index (κ3) is 3.62. The highest BCUT2D eigenvalue weighted by atomic mass is 35.5. The van der Waals surface area contributed by atoms with Gasteiger partial charge in [-0.1, -0.05) is 18.5 Å². The second-order valence-electron chi connectivity index (χ2n) is 2.85. The summed E-state index contributed by atoms with van der Waals surface area (Å²) in [5.74, 6) is -0.0859. The number of carbonyl (C=O) groups is 1. The van der Waals surface area contributed by atoms with Crippen molar-refractivity contribution in [1.29, 1.82) is 0 Å². The van der Waals surface area contributed by atoms with Gasteiger partial charge < -0.3 is 11.1 Å². The maximum atomic E-state index is 11.4. The molecule has 1 amide bonds. The summed E-state index contributed by atoms with van der Waals surface area (Å²) in [6.45, 7) is 1.81. The number of hydrogen-bond donors (Lipinski definition) is 2. The van der Waals surface area contributed by atoms with Crippen molar-refractivity contribution in [1.82, 2.24) is 9.97 Å².